The van der Waals surface area contributed by atoms with E-state index in [9.17, 15) is 10.1 Å². The van der Waals surface area contributed by atoms with Crippen molar-refractivity contribution in [3.8, 4) is 0 Å². The van der Waals surface area contributed by atoms with Crippen molar-refractivity contribution in [2.24, 2.45) is 0 Å². The van der Waals surface area contributed by atoms with E-state index in [2.05, 4.69) is 26.2 Å². The second-order valence-electron chi connectivity index (χ2n) is 3.86. The van der Waals surface area contributed by atoms with Crippen LogP contribution in [0, 0.1) is 10.1 Å². The summed E-state index contributed by atoms with van der Waals surface area (Å²) in [5, 5.41) is 14.0. The monoisotopic (exact) mass is 353 g/mol. The van der Waals surface area contributed by atoms with Crippen molar-refractivity contribution in [2.45, 2.75) is 4.90 Å². The van der Waals surface area contributed by atoms with Crippen LogP contribution >= 0.6 is 27.7 Å². The van der Waals surface area contributed by atoms with E-state index in [1.165, 1.54) is 11.1 Å². The lowest BCUT2D eigenvalue weighted by atomic mass is 10.3. The molecular weight excluding hydrogens is 342 g/mol. The molecule has 0 unspecified atom stereocenters. The van der Waals surface area contributed by atoms with Gasteiger partial charge in [0, 0.05) is 23.4 Å². The van der Waals surface area contributed by atoms with E-state index in [1.807, 2.05) is 30.3 Å². The average molecular weight is 354 g/mol. The van der Waals surface area contributed by atoms with E-state index in [0.717, 1.165) is 5.75 Å². The highest BCUT2D eigenvalue weighted by molar-refractivity contribution is 9.10. The van der Waals surface area contributed by atoms with Gasteiger partial charge in [0.1, 0.15) is 11.9 Å². The molecule has 5 nitrogen and oxygen atoms in total. The van der Waals surface area contributed by atoms with Gasteiger partial charge in [0.05, 0.1) is 9.40 Å². The Kier molecular flexibility index (Phi) is 5.37. The van der Waals surface area contributed by atoms with Crippen molar-refractivity contribution in [3.05, 3.63) is 57.3 Å². The molecule has 0 bridgehead atoms. The predicted molar refractivity (Wildman–Crippen MR) is 84.2 cm³/mol. The summed E-state index contributed by atoms with van der Waals surface area (Å²) in [5.74, 6) is 0.815. The minimum atomic E-state index is -0.440. The van der Waals surface area contributed by atoms with Gasteiger partial charge in [-0.15, -0.1) is 11.8 Å². The summed E-state index contributed by atoms with van der Waals surface area (Å²) in [6.07, 6.45) is 2.79. The lowest BCUT2D eigenvalue weighted by molar-refractivity contribution is -0.384. The lowest BCUT2D eigenvalue weighted by Gasteiger charge is -2.08. The lowest BCUT2D eigenvalue weighted by Crippen LogP contribution is -2.07. The summed E-state index contributed by atoms with van der Waals surface area (Å²) in [6, 6.07) is 10.0. The number of nitrogens with one attached hydrogen (secondary N) is 1. The molecular formula is C13H12BrN3O2S. The summed E-state index contributed by atoms with van der Waals surface area (Å²) in [5.41, 5.74) is 0.447. The average Bonchev–Trinajstić information content (AvgIpc) is 2.45. The summed E-state index contributed by atoms with van der Waals surface area (Å²) < 4.78 is 0.594. The third-order valence-corrected chi connectivity index (χ3v) is 4.11. The largest absolute Gasteiger partial charge is 0.378 e. The van der Waals surface area contributed by atoms with Crippen LogP contribution < -0.4 is 5.32 Å². The van der Waals surface area contributed by atoms with Crippen LogP contribution in [0.2, 0.25) is 0 Å². The van der Waals surface area contributed by atoms with Crippen molar-refractivity contribution in [3.63, 3.8) is 0 Å². The van der Waals surface area contributed by atoms with Crippen molar-refractivity contribution in [1.29, 1.82) is 0 Å². The van der Waals surface area contributed by atoms with Crippen LogP contribution in [0.5, 0.6) is 0 Å². The maximum Gasteiger partial charge on any atom is 0.311 e. The molecule has 2 rings (SSSR count). The fourth-order valence-electron chi connectivity index (χ4n) is 1.60. The van der Waals surface area contributed by atoms with Gasteiger partial charge in [0.25, 0.3) is 0 Å². The Morgan fingerprint density at radius 2 is 2.05 bits per heavy atom. The smallest absolute Gasteiger partial charge is 0.311 e. The number of pyridine rings is 1. The number of anilines is 1. The van der Waals surface area contributed by atoms with Gasteiger partial charge in [0.2, 0.25) is 0 Å². The normalized spacial score (nSPS) is 10.2. The van der Waals surface area contributed by atoms with Crippen molar-refractivity contribution in [1.82, 2.24) is 4.98 Å². The Hall–Kier alpha value is -1.60. The quantitative estimate of drug-likeness (QED) is 0.368. The summed E-state index contributed by atoms with van der Waals surface area (Å²) in [4.78, 5) is 15.5. The Morgan fingerprint density at radius 3 is 2.75 bits per heavy atom. The number of nitrogens with zero attached hydrogens (tertiary/aromatic N) is 2. The molecule has 0 amide bonds. The van der Waals surface area contributed by atoms with Crippen LogP contribution in [0.4, 0.5) is 11.4 Å². The van der Waals surface area contributed by atoms with Crippen LogP contribution in [-0.2, 0) is 0 Å². The van der Waals surface area contributed by atoms with Gasteiger partial charge in [0.15, 0.2) is 0 Å². The van der Waals surface area contributed by atoms with Gasteiger partial charge in [-0.1, -0.05) is 18.2 Å². The maximum atomic E-state index is 10.9. The third-order valence-electron chi connectivity index (χ3n) is 2.49. The molecule has 1 N–H and O–H groups in total. The van der Waals surface area contributed by atoms with E-state index in [-0.39, 0.29) is 5.69 Å². The number of nitro groups is 1. The second-order valence-corrected chi connectivity index (χ2v) is 5.88. The molecule has 0 saturated carbocycles. The Labute approximate surface area is 129 Å². The highest BCUT2D eigenvalue weighted by Gasteiger charge is 2.16. The van der Waals surface area contributed by atoms with Gasteiger partial charge < -0.3 is 5.32 Å². The molecule has 1 heterocycles. The van der Waals surface area contributed by atoms with E-state index in [1.54, 1.807) is 18.0 Å². The summed E-state index contributed by atoms with van der Waals surface area (Å²) >= 11 is 4.97. The predicted octanol–water partition coefficient (Wildman–Crippen LogP) is 3.96. The first-order chi connectivity index (χ1) is 9.68. The van der Waals surface area contributed by atoms with Gasteiger partial charge in [-0.3, -0.25) is 15.1 Å². The molecule has 0 aliphatic carbocycles. The molecule has 1 aromatic carbocycles. The Morgan fingerprint density at radius 1 is 1.30 bits per heavy atom. The molecule has 7 heteroatoms. The molecule has 0 aliphatic heterocycles. The highest BCUT2D eigenvalue weighted by Crippen LogP contribution is 2.31. The number of aromatic nitrogens is 1. The molecule has 0 fully saturated rings. The van der Waals surface area contributed by atoms with Crippen LogP contribution in [0.25, 0.3) is 0 Å². The zero-order valence-corrected chi connectivity index (χ0v) is 12.9. The second kappa shape index (κ2) is 7.25. The van der Waals surface area contributed by atoms with Crippen LogP contribution in [-0.4, -0.2) is 22.2 Å². The third kappa shape index (κ3) is 3.94. The first kappa shape index (κ1) is 14.8. The number of thioether (sulfide) groups is 1. The van der Waals surface area contributed by atoms with E-state index in [0.29, 0.717) is 16.7 Å². The fraction of sp³-hybridized carbons (Fsp3) is 0.154. The summed E-state index contributed by atoms with van der Waals surface area (Å²) in [7, 11) is 0. The minimum Gasteiger partial charge on any atom is -0.378 e. The fourth-order valence-corrected chi connectivity index (χ4v) is 2.85. The van der Waals surface area contributed by atoms with Crippen LogP contribution in [0.3, 0.4) is 0 Å². The maximum absolute atomic E-state index is 10.9. The summed E-state index contributed by atoms with van der Waals surface area (Å²) in [6.45, 7) is 0.628. The first-order valence-corrected chi connectivity index (χ1v) is 7.66. The number of rotatable bonds is 6. The number of hydrogen-bond donors (Lipinski definition) is 1. The van der Waals surface area contributed by atoms with E-state index < -0.39 is 4.92 Å². The first-order valence-electron chi connectivity index (χ1n) is 5.88. The Balaban J connectivity index is 1.93. The SMILES string of the molecule is O=[N+]([O-])c1cncc(Br)c1NCCSc1ccccc1. The van der Waals surface area contributed by atoms with Gasteiger partial charge in [-0.05, 0) is 28.1 Å². The van der Waals surface area contributed by atoms with E-state index >= 15 is 0 Å². The number of halogens is 1. The molecule has 0 saturated heterocycles. The molecule has 20 heavy (non-hydrogen) atoms. The van der Waals surface area contributed by atoms with Gasteiger partial charge in [-0.2, -0.15) is 0 Å². The van der Waals surface area contributed by atoms with Crippen molar-refractivity contribution in [2.75, 3.05) is 17.6 Å². The van der Waals surface area contributed by atoms with Crippen molar-refractivity contribution < 1.29 is 4.92 Å². The Bertz CT molecular complexity index is 595. The molecule has 104 valence electrons. The van der Waals surface area contributed by atoms with Crippen LogP contribution in [0.1, 0.15) is 0 Å². The number of benzene rings is 1. The highest BCUT2D eigenvalue weighted by atomic mass is 79.9. The van der Waals surface area contributed by atoms with Gasteiger partial charge in [-0.25, -0.2) is 0 Å². The zero-order chi connectivity index (χ0) is 14.4. The minimum absolute atomic E-state index is 0.0240. The standard InChI is InChI=1S/C13H12BrN3O2S/c14-11-8-15-9-12(17(18)19)13(11)16-6-7-20-10-4-2-1-3-5-10/h1-5,8-9H,6-7H2,(H,15,16). The molecule has 0 radical (unpaired) electrons. The molecule has 0 spiro atoms. The molecule has 0 atom stereocenters. The van der Waals surface area contributed by atoms with Crippen molar-refractivity contribution >= 4 is 39.1 Å². The zero-order valence-electron chi connectivity index (χ0n) is 10.5. The topological polar surface area (TPSA) is 68.1 Å². The molecule has 2 aromatic rings. The molecule has 0 aliphatic rings. The van der Waals surface area contributed by atoms with Gasteiger partial charge >= 0.3 is 5.69 Å². The van der Waals surface area contributed by atoms with Crippen LogP contribution in [0.15, 0.2) is 52.1 Å². The molecule has 1 aromatic heterocycles. The van der Waals surface area contributed by atoms with E-state index in [4.69, 9.17) is 0 Å². The number of hydrogen-bond acceptors (Lipinski definition) is 5.